The Balaban J connectivity index is 1.32. The Morgan fingerprint density at radius 1 is 0.919 bits per heavy atom. The van der Waals surface area contributed by atoms with Gasteiger partial charge in [0.2, 0.25) is 0 Å². The molecule has 2 aromatic carbocycles. The quantitative estimate of drug-likeness (QED) is 0.417. The molecule has 1 unspecified atom stereocenters. The number of aromatic nitrogens is 1. The zero-order valence-electron chi connectivity index (χ0n) is 21.4. The number of carbonyl (C=O) groups is 2. The molecule has 2 amide bonds. The van der Waals surface area contributed by atoms with Crippen LogP contribution in [0.5, 0.6) is 0 Å². The summed E-state index contributed by atoms with van der Waals surface area (Å²) in [7, 11) is 0. The van der Waals surface area contributed by atoms with Crippen molar-refractivity contribution in [3.05, 3.63) is 89.6 Å². The number of carbonyl (C=O) groups excluding carboxylic acids is 2. The van der Waals surface area contributed by atoms with E-state index in [2.05, 4.69) is 34.4 Å². The highest BCUT2D eigenvalue weighted by atomic mass is 16.3. The largest absolute Gasteiger partial charge is 0.394 e. The number of nitrogens with one attached hydrogen (secondary N) is 2. The van der Waals surface area contributed by atoms with E-state index in [-0.39, 0.29) is 24.5 Å². The fraction of sp³-hybridized carbons (Fsp3) is 0.345. The summed E-state index contributed by atoms with van der Waals surface area (Å²) in [6, 6.07) is 20.3. The summed E-state index contributed by atoms with van der Waals surface area (Å²) in [5.41, 5.74) is 3.04. The lowest BCUT2D eigenvalue weighted by Crippen LogP contribution is -2.49. The second-order valence-electron chi connectivity index (χ2n) is 9.57. The van der Waals surface area contributed by atoms with Crippen molar-refractivity contribution in [1.29, 1.82) is 0 Å². The molecule has 2 heterocycles. The van der Waals surface area contributed by atoms with Gasteiger partial charge in [0, 0.05) is 49.5 Å². The Morgan fingerprint density at radius 3 is 2.24 bits per heavy atom. The number of benzene rings is 2. The van der Waals surface area contributed by atoms with Crippen molar-refractivity contribution < 1.29 is 14.7 Å². The van der Waals surface area contributed by atoms with Gasteiger partial charge in [0.1, 0.15) is 0 Å². The van der Waals surface area contributed by atoms with Crippen molar-refractivity contribution >= 4 is 23.3 Å². The third kappa shape index (κ3) is 6.86. The molecule has 0 saturated carbocycles. The molecule has 1 aliphatic heterocycles. The molecule has 0 spiro atoms. The lowest BCUT2D eigenvalue weighted by atomic mass is 10.1. The predicted octanol–water partition coefficient (Wildman–Crippen LogP) is 3.20. The zero-order valence-corrected chi connectivity index (χ0v) is 21.4. The molecule has 1 aliphatic rings. The molecule has 0 aliphatic carbocycles. The van der Waals surface area contributed by atoms with E-state index >= 15 is 0 Å². The second kappa shape index (κ2) is 12.4. The van der Waals surface area contributed by atoms with Gasteiger partial charge in [-0.2, -0.15) is 0 Å². The number of aliphatic hydroxyl groups is 1. The molecule has 0 bridgehead atoms. The minimum absolute atomic E-state index is 0.0505. The second-order valence-corrected chi connectivity index (χ2v) is 9.57. The van der Waals surface area contributed by atoms with Crippen LogP contribution < -0.4 is 15.5 Å². The molecule has 1 atom stereocenters. The van der Waals surface area contributed by atoms with E-state index in [1.165, 1.54) is 0 Å². The summed E-state index contributed by atoms with van der Waals surface area (Å²) >= 11 is 0. The summed E-state index contributed by atoms with van der Waals surface area (Å²) in [5.74, 6) is 0.585. The standard InChI is InChI=1S/C29H35N5O3/c1-21(2)31-26-9-6-14-30-27(26)33-15-17-34(18-16-33)29(37)24-12-10-23(11-13-24)28(36)32-25(20-35)19-22-7-4-3-5-8-22/h3-14,21,25,31,35H,15-20H2,1-2H3,(H,32,36). The van der Waals surface area contributed by atoms with Gasteiger partial charge in [-0.25, -0.2) is 4.98 Å². The van der Waals surface area contributed by atoms with Crippen LogP contribution in [-0.4, -0.2) is 71.7 Å². The summed E-state index contributed by atoms with van der Waals surface area (Å²) in [4.78, 5) is 34.4. The molecule has 8 nitrogen and oxygen atoms in total. The van der Waals surface area contributed by atoms with Gasteiger partial charge in [-0.15, -0.1) is 0 Å². The van der Waals surface area contributed by atoms with Gasteiger partial charge < -0.3 is 25.5 Å². The van der Waals surface area contributed by atoms with Gasteiger partial charge in [-0.1, -0.05) is 30.3 Å². The highest BCUT2D eigenvalue weighted by molar-refractivity contribution is 5.98. The topological polar surface area (TPSA) is 97.8 Å². The minimum atomic E-state index is -0.386. The Bertz CT molecular complexity index is 1180. The number of rotatable bonds is 9. The molecule has 8 heteroatoms. The molecule has 37 heavy (non-hydrogen) atoms. The highest BCUT2D eigenvalue weighted by Gasteiger charge is 2.24. The smallest absolute Gasteiger partial charge is 0.253 e. The fourth-order valence-corrected chi connectivity index (χ4v) is 4.47. The number of piperazine rings is 1. The van der Waals surface area contributed by atoms with Crippen LogP contribution in [-0.2, 0) is 6.42 Å². The van der Waals surface area contributed by atoms with Crippen LogP contribution in [0.25, 0.3) is 0 Å². The number of hydrogen-bond donors (Lipinski definition) is 3. The zero-order chi connectivity index (χ0) is 26.2. The first-order valence-electron chi connectivity index (χ1n) is 12.8. The SMILES string of the molecule is CC(C)Nc1cccnc1N1CCN(C(=O)c2ccc(C(=O)NC(CO)Cc3ccccc3)cc2)CC1. The van der Waals surface area contributed by atoms with E-state index < -0.39 is 0 Å². The van der Waals surface area contributed by atoms with Crippen molar-refractivity contribution in [3.8, 4) is 0 Å². The maximum atomic E-state index is 13.1. The predicted molar refractivity (Wildman–Crippen MR) is 146 cm³/mol. The molecule has 1 fully saturated rings. The monoisotopic (exact) mass is 501 g/mol. The Hall–Kier alpha value is -3.91. The third-order valence-electron chi connectivity index (χ3n) is 6.37. The van der Waals surface area contributed by atoms with Crippen molar-refractivity contribution in [2.24, 2.45) is 0 Å². The summed E-state index contributed by atoms with van der Waals surface area (Å²) in [6.07, 6.45) is 2.33. The molecule has 3 aromatic rings. The first-order valence-corrected chi connectivity index (χ1v) is 12.8. The molecule has 194 valence electrons. The van der Waals surface area contributed by atoms with Gasteiger partial charge in [-0.05, 0) is 62.2 Å². The first kappa shape index (κ1) is 26.2. The van der Waals surface area contributed by atoms with Crippen molar-refractivity contribution in [2.75, 3.05) is 43.0 Å². The minimum Gasteiger partial charge on any atom is -0.394 e. The van der Waals surface area contributed by atoms with E-state index in [4.69, 9.17) is 0 Å². The van der Waals surface area contributed by atoms with Crippen molar-refractivity contribution in [1.82, 2.24) is 15.2 Å². The highest BCUT2D eigenvalue weighted by Crippen LogP contribution is 2.25. The summed E-state index contributed by atoms with van der Waals surface area (Å²) in [5, 5.41) is 16.0. The number of nitrogens with zero attached hydrogens (tertiary/aromatic N) is 3. The number of hydrogen-bond acceptors (Lipinski definition) is 6. The van der Waals surface area contributed by atoms with Crippen LogP contribution in [0, 0.1) is 0 Å². The van der Waals surface area contributed by atoms with Crippen molar-refractivity contribution in [2.45, 2.75) is 32.4 Å². The molecule has 1 aromatic heterocycles. The Morgan fingerprint density at radius 2 is 1.59 bits per heavy atom. The van der Waals surface area contributed by atoms with Crippen molar-refractivity contribution in [3.63, 3.8) is 0 Å². The summed E-state index contributed by atoms with van der Waals surface area (Å²) in [6.45, 7) is 6.61. The summed E-state index contributed by atoms with van der Waals surface area (Å²) < 4.78 is 0. The van der Waals surface area contributed by atoms with Gasteiger partial charge in [0.15, 0.2) is 5.82 Å². The van der Waals surface area contributed by atoms with Crippen LogP contribution in [0.2, 0.25) is 0 Å². The lowest BCUT2D eigenvalue weighted by molar-refractivity contribution is 0.0746. The molecular weight excluding hydrogens is 466 g/mol. The van der Waals surface area contributed by atoms with Gasteiger partial charge in [0.05, 0.1) is 18.3 Å². The van der Waals surface area contributed by atoms with E-state index in [0.29, 0.717) is 49.8 Å². The lowest BCUT2D eigenvalue weighted by Gasteiger charge is -2.36. The van der Waals surface area contributed by atoms with Crippen LogP contribution in [0.15, 0.2) is 72.9 Å². The van der Waals surface area contributed by atoms with E-state index in [9.17, 15) is 14.7 Å². The Labute approximate surface area is 218 Å². The van der Waals surface area contributed by atoms with Crippen LogP contribution in [0.4, 0.5) is 11.5 Å². The molecule has 0 radical (unpaired) electrons. The maximum absolute atomic E-state index is 13.1. The Kier molecular flexibility index (Phi) is 8.74. The number of anilines is 2. The van der Waals surface area contributed by atoms with Crippen LogP contribution in [0.1, 0.15) is 40.1 Å². The first-order chi connectivity index (χ1) is 17.9. The number of amides is 2. The van der Waals surface area contributed by atoms with E-state index in [0.717, 1.165) is 17.1 Å². The van der Waals surface area contributed by atoms with Crippen LogP contribution in [0.3, 0.4) is 0 Å². The third-order valence-corrected chi connectivity index (χ3v) is 6.37. The van der Waals surface area contributed by atoms with Gasteiger partial charge in [0.25, 0.3) is 11.8 Å². The van der Waals surface area contributed by atoms with Gasteiger partial charge in [-0.3, -0.25) is 9.59 Å². The average molecular weight is 502 g/mol. The molecule has 4 rings (SSSR count). The molecule has 1 saturated heterocycles. The molecule has 3 N–H and O–H groups in total. The average Bonchev–Trinajstić information content (AvgIpc) is 2.93. The van der Waals surface area contributed by atoms with E-state index in [1.807, 2.05) is 47.4 Å². The fourth-order valence-electron chi connectivity index (χ4n) is 4.47. The number of pyridine rings is 1. The normalized spacial score (nSPS) is 14.4. The molecular formula is C29H35N5O3. The van der Waals surface area contributed by atoms with E-state index in [1.54, 1.807) is 30.5 Å². The van der Waals surface area contributed by atoms with Crippen LogP contribution >= 0.6 is 0 Å². The van der Waals surface area contributed by atoms with Gasteiger partial charge >= 0.3 is 0 Å². The number of aliphatic hydroxyl groups excluding tert-OH is 1. The maximum Gasteiger partial charge on any atom is 0.253 e.